The van der Waals surface area contributed by atoms with Gasteiger partial charge in [0, 0.05) is 42.9 Å². The molecular formula is C22H26FN7O. The lowest BCUT2D eigenvalue weighted by atomic mass is 9.91. The number of hydrazone groups is 1. The Bertz CT molecular complexity index is 1090. The number of halogens is 1. The van der Waals surface area contributed by atoms with Gasteiger partial charge in [0.15, 0.2) is 11.6 Å². The number of nitrogens with zero attached hydrogens (tertiary/aromatic N) is 3. The van der Waals surface area contributed by atoms with Crippen molar-refractivity contribution in [3.8, 4) is 5.75 Å². The van der Waals surface area contributed by atoms with Crippen LogP contribution in [0.1, 0.15) is 43.1 Å². The van der Waals surface area contributed by atoms with Crippen molar-refractivity contribution in [3.05, 3.63) is 64.7 Å². The van der Waals surface area contributed by atoms with E-state index in [0.29, 0.717) is 46.0 Å². The second kappa shape index (κ2) is 9.38. The zero-order chi connectivity index (χ0) is 22.5. The van der Waals surface area contributed by atoms with Crippen LogP contribution in [-0.2, 0) is 0 Å². The lowest BCUT2D eigenvalue weighted by molar-refractivity contribution is 0.227. The van der Waals surface area contributed by atoms with Crippen molar-refractivity contribution in [2.24, 2.45) is 15.8 Å². The van der Waals surface area contributed by atoms with Gasteiger partial charge in [-0.2, -0.15) is 5.10 Å². The summed E-state index contributed by atoms with van der Waals surface area (Å²) in [5.41, 5.74) is 18.3. The number of hydrogen-bond acceptors (Lipinski definition) is 8. The number of nitrogens with two attached hydrogens (primary N) is 2. The lowest BCUT2D eigenvalue weighted by Crippen LogP contribution is -2.24. The maximum absolute atomic E-state index is 14.1. The molecule has 0 fully saturated rings. The molecule has 0 unspecified atom stereocenters. The third kappa shape index (κ3) is 4.55. The molecule has 0 radical (unpaired) electrons. The number of fused-ring (bicyclic) bond motifs is 3. The molecule has 31 heavy (non-hydrogen) atoms. The lowest BCUT2D eigenvalue weighted by Gasteiger charge is -2.22. The Balaban J connectivity index is 2.29. The molecule has 162 valence electrons. The van der Waals surface area contributed by atoms with Crippen molar-refractivity contribution in [3.63, 3.8) is 0 Å². The van der Waals surface area contributed by atoms with Gasteiger partial charge in [-0.25, -0.2) is 9.37 Å². The molecule has 0 amide bonds. The molecule has 1 aromatic heterocycles. The van der Waals surface area contributed by atoms with Gasteiger partial charge in [0.2, 0.25) is 0 Å². The van der Waals surface area contributed by atoms with Gasteiger partial charge in [0.25, 0.3) is 0 Å². The summed E-state index contributed by atoms with van der Waals surface area (Å²) < 4.78 is 20.2. The van der Waals surface area contributed by atoms with E-state index in [1.807, 2.05) is 6.92 Å². The molecule has 0 aliphatic carbocycles. The SMILES string of the molecule is CCN=C1C(=CN)C/C(=N/NC)C(=N)c2ccc(F)cc2[C@@H](C)Oc2cc1cnc2N. The highest BCUT2D eigenvalue weighted by molar-refractivity contribution is 6.48. The zero-order valence-electron chi connectivity index (χ0n) is 17.7. The molecule has 0 saturated carbocycles. The Labute approximate surface area is 180 Å². The van der Waals surface area contributed by atoms with E-state index in [9.17, 15) is 4.39 Å². The number of allylic oxidation sites excluding steroid dienone is 1. The van der Waals surface area contributed by atoms with E-state index < -0.39 is 11.9 Å². The summed E-state index contributed by atoms with van der Waals surface area (Å²) >= 11 is 0. The predicted molar refractivity (Wildman–Crippen MR) is 121 cm³/mol. The monoisotopic (exact) mass is 423 g/mol. The maximum Gasteiger partial charge on any atom is 0.166 e. The summed E-state index contributed by atoms with van der Waals surface area (Å²) in [6, 6.07) is 5.96. The largest absolute Gasteiger partial charge is 0.482 e. The van der Waals surface area contributed by atoms with Crippen molar-refractivity contribution >= 4 is 23.0 Å². The van der Waals surface area contributed by atoms with Crippen LogP contribution < -0.4 is 21.6 Å². The number of aromatic nitrogens is 1. The second-order valence-electron chi connectivity index (χ2n) is 6.95. The molecule has 3 rings (SSSR count). The van der Waals surface area contributed by atoms with Crippen molar-refractivity contribution in [2.45, 2.75) is 26.4 Å². The van der Waals surface area contributed by atoms with Crippen LogP contribution in [0, 0.1) is 11.2 Å². The minimum Gasteiger partial charge on any atom is -0.482 e. The molecule has 1 atom stereocenters. The van der Waals surface area contributed by atoms with E-state index in [1.165, 1.54) is 18.3 Å². The van der Waals surface area contributed by atoms with Crippen LogP contribution in [0.5, 0.6) is 5.75 Å². The second-order valence-corrected chi connectivity index (χ2v) is 6.95. The van der Waals surface area contributed by atoms with Crippen LogP contribution in [0.3, 0.4) is 0 Å². The van der Waals surface area contributed by atoms with Gasteiger partial charge in [-0.1, -0.05) is 0 Å². The average molecular weight is 423 g/mol. The molecule has 1 aliphatic heterocycles. The minimum atomic E-state index is -0.600. The number of anilines is 1. The first-order valence-corrected chi connectivity index (χ1v) is 9.89. The number of pyridine rings is 1. The van der Waals surface area contributed by atoms with Crippen molar-refractivity contribution < 1.29 is 9.13 Å². The molecule has 1 aromatic carbocycles. The first kappa shape index (κ1) is 21.9. The fraction of sp³-hybridized carbons (Fsp3) is 0.273. The molecule has 2 heterocycles. The third-order valence-electron chi connectivity index (χ3n) is 4.89. The Kier molecular flexibility index (Phi) is 6.64. The summed E-state index contributed by atoms with van der Waals surface area (Å²) in [6.07, 6.45) is 2.69. The normalized spacial score (nSPS) is 20.7. The highest BCUT2D eigenvalue weighted by Gasteiger charge is 2.24. The van der Waals surface area contributed by atoms with Crippen LogP contribution in [0.25, 0.3) is 0 Å². The number of nitrogens with one attached hydrogen (secondary N) is 2. The molecule has 8 nitrogen and oxygen atoms in total. The summed E-state index contributed by atoms with van der Waals surface area (Å²) in [5, 5.41) is 13.1. The minimum absolute atomic E-state index is 0.130. The highest BCUT2D eigenvalue weighted by Crippen LogP contribution is 2.31. The molecule has 1 aliphatic rings. The first-order chi connectivity index (χ1) is 14.9. The highest BCUT2D eigenvalue weighted by atomic mass is 19.1. The molecule has 6 N–H and O–H groups in total. The molecule has 2 aromatic rings. The van der Waals surface area contributed by atoms with Gasteiger partial charge in [-0.15, -0.1) is 0 Å². The Morgan fingerprint density at radius 3 is 2.84 bits per heavy atom. The maximum atomic E-state index is 14.1. The summed E-state index contributed by atoms with van der Waals surface area (Å²) in [4.78, 5) is 8.85. The van der Waals surface area contributed by atoms with Gasteiger partial charge >= 0.3 is 0 Å². The van der Waals surface area contributed by atoms with Crippen LogP contribution >= 0.6 is 0 Å². The summed E-state index contributed by atoms with van der Waals surface area (Å²) in [7, 11) is 1.65. The van der Waals surface area contributed by atoms with E-state index in [1.54, 1.807) is 32.3 Å². The van der Waals surface area contributed by atoms with Crippen LogP contribution in [0.2, 0.25) is 0 Å². The van der Waals surface area contributed by atoms with Gasteiger partial charge in [0.1, 0.15) is 11.9 Å². The fourth-order valence-corrected chi connectivity index (χ4v) is 3.44. The van der Waals surface area contributed by atoms with Gasteiger partial charge < -0.3 is 21.6 Å². The molecule has 9 heteroatoms. The van der Waals surface area contributed by atoms with E-state index in [4.69, 9.17) is 21.6 Å². The smallest absolute Gasteiger partial charge is 0.166 e. The number of rotatable bonds is 2. The third-order valence-corrected chi connectivity index (χ3v) is 4.89. The molecule has 0 spiro atoms. The Hall–Kier alpha value is -3.75. The van der Waals surface area contributed by atoms with E-state index in [-0.39, 0.29) is 18.0 Å². The van der Waals surface area contributed by atoms with Crippen LogP contribution in [0.15, 0.2) is 52.3 Å². The van der Waals surface area contributed by atoms with Gasteiger partial charge in [-0.05, 0) is 49.9 Å². The summed E-state index contributed by atoms with van der Waals surface area (Å²) in [6.45, 7) is 4.20. The van der Waals surface area contributed by atoms with Crippen LogP contribution in [-0.4, -0.2) is 35.7 Å². The van der Waals surface area contributed by atoms with Gasteiger partial charge in [-0.3, -0.25) is 10.4 Å². The molecular weight excluding hydrogens is 397 g/mol. The average Bonchev–Trinajstić information content (AvgIpc) is 2.76. The zero-order valence-corrected chi connectivity index (χ0v) is 17.7. The quantitative estimate of drug-likeness (QED) is 0.551. The standard InChI is InChI=1S/C22H26FN7O/c1-4-28-21-13(10-24)7-18(30-27-3)20(25)16-6-5-15(23)9-17(16)12(2)31-19-8-14(21)11-29-22(19)26/h5-6,8-12,25,27H,4,7,24H2,1-3H3,(H2,26,29)/b13-10?,25-20?,28-21?,30-18-/t12-/m1/s1. The fourth-order valence-electron chi connectivity index (χ4n) is 3.44. The number of hydrogen-bond donors (Lipinski definition) is 4. The number of benzene rings is 1. The Morgan fingerprint density at radius 2 is 2.16 bits per heavy atom. The van der Waals surface area contributed by atoms with Crippen molar-refractivity contribution in [1.29, 1.82) is 5.41 Å². The van der Waals surface area contributed by atoms with Crippen molar-refractivity contribution in [2.75, 3.05) is 19.3 Å². The number of aliphatic imine (C=N–C) groups is 1. The van der Waals surface area contributed by atoms with E-state index >= 15 is 0 Å². The van der Waals surface area contributed by atoms with Crippen molar-refractivity contribution in [1.82, 2.24) is 10.4 Å². The molecule has 2 bridgehead atoms. The predicted octanol–water partition coefficient (Wildman–Crippen LogP) is 2.94. The first-order valence-electron chi connectivity index (χ1n) is 9.89. The number of nitrogen functional groups attached to an aromatic ring is 1. The Morgan fingerprint density at radius 1 is 1.39 bits per heavy atom. The molecule has 0 saturated heterocycles. The number of ether oxygens (including phenoxy) is 1. The van der Waals surface area contributed by atoms with E-state index in [0.717, 1.165) is 0 Å². The van der Waals surface area contributed by atoms with Crippen LogP contribution in [0.4, 0.5) is 10.2 Å². The topological polar surface area (TPSA) is 135 Å². The summed E-state index contributed by atoms with van der Waals surface area (Å²) in [5.74, 6) is 0.116. The van der Waals surface area contributed by atoms with Gasteiger partial charge in [0.05, 0.1) is 17.1 Å². The van der Waals surface area contributed by atoms with E-state index in [2.05, 4.69) is 20.5 Å².